The molecule has 0 aromatic rings. The Kier molecular flexibility index (Phi) is 19.5. The van der Waals surface area contributed by atoms with Crippen molar-refractivity contribution in [2.45, 2.75) is 115 Å². The van der Waals surface area contributed by atoms with Gasteiger partial charge < -0.3 is 4.74 Å². The number of rotatable bonds is 18. The summed E-state index contributed by atoms with van der Waals surface area (Å²) < 4.78 is 5.19. The van der Waals surface area contributed by atoms with E-state index < -0.39 is 0 Å². The highest BCUT2D eigenvalue weighted by atomic mass is 32.1. The summed E-state index contributed by atoms with van der Waals surface area (Å²) in [6.07, 6.45) is 23.6. The number of unbranched alkanes of at least 4 members (excludes halogenated alkanes) is 12. The van der Waals surface area contributed by atoms with Crippen molar-refractivity contribution in [1.29, 1.82) is 0 Å². The van der Waals surface area contributed by atoms with Gasteiger partial charge in [0.1, 0.15) is 0 Å². The van der Waals surface area contributed by atoms with Crippen molar-refractivity contribution in [2.24, 2.45) is 0 Å². The highest BCUT2D eigenvalue weighted by molar-refractivity contribution is 7.81. The molecule has 0 rings (SSSR count). The van der Waals surface area contributed by atoms with E-state index in [0.717, 1.165) is 19.3 Å². The van der Waals surface area contributed by atoms with E-state index in [0.29, 0.717) is 6.61 Å². The van der Waals surface area contributed by atoms with Crippen LogP contribution in [-0.4, -0.2) is 17.8 Å². The maximum Gasteiger partial charge on any atom is 0.318 e. The van der Waals surface area contributed by atoms with E-state index in [2.05, 4.69) is 31.7 Å². The van der Waals surface area contributed by atoms with Gasteiger partial charge in [0.2, 0.25) is 0 Å². The molecule has 148 valence electrons. The summed E-state index contributed by atoms with van der Waals surface area (Å²) in [6.45, 7) is 4.77. The van der Waals surface area contributed by atoms with Crippen LogP contribution in [0, 0.1) is 0 Å². The van der Waals surface area contributed by atoms with Gasteiger partial charge in [0.25, 0.3) is 0 Å². The van der Waals surface area contributed by atoms with Crippen LogP contribution in [-0.2, 0) is 9.53 Å². The Morgan fingerprint density at radius 1 is 0.800 bits per heavy atom. The number of carbonyl (C=O) groups is 1. The molecular weight excluding hydrogens is 328 g/mol. The van der Waals surface area contributed by atoms with Crippen molar-refractivity contribution in [3.63, 3.8) is 0 Å². The Morgan fingerprint density at radius 3 is 1.80 bits per heavy atom. The number of esters is 1. The van der Waals surface area contributed by atoms with Crippen LogP contribution in [0.4, 0.5) is 0 Å². The molecule has 25 heavy (non-hydrogen) atoms. The normalized spacial score (nSPS) is 12.6. The topological polar surface area (TPSA) is 26.3 Å². The standard InChI is InChI=1S/C22H42O2S/c1-3-5-6-7-8-9-10-11-12-13-14-15-16-17-18-19-20-24-22(23)21(25)4-2/h11-12,21,25H,3-10,13-20H2,1-2H3. The van der Waals surface area contributed by atoms with Crippen molar-refractivity contribution in [3.8, 4) is 0 Å². The number of allylic oxidation sites excluding steroid dienone is 2. The first-order valence-electron chi connectivity index (χ1n) is 10.7. The molecule has 0 bridgehead atoms. The van der Waals surface area contributed by atoms with Crippen LogP contribution in [0.5, 0.6) is 0 Å². The number of hydrogen-bond donors (Lipinski definition) is 1. The summed E-state index contributed by atoms with van der Waals surface area (Å²) in [6, 6.07) is 0. The van der Waals surface area contributed by atoms with Crippen molar-refractivity contribution in [2.75, 3.05) is 6.61 Å². The van der Waals surface area contributed by atoms with Gasteiger partial charge in [0.15, 0.2) is 0 Å². The maximum atomic E-state index is 11.4. The molecule has 3 heteroatoms. The number of thiol groups is 1. The van der Waals surface area contributed by atoms with Crippen molar-refractivity contribution in [3.05, 3.63) is 12.2 Å². The smallest absolute Gasteiger partial charge is 0.318 e. The average Bonchev–Trinajstić information content (AvgIpc) is 2.63. The average molecular weight is 371 g/mol. The molecule has 0 radical (unpaired) electrons. The molecule has 0 fully saturated rings. The van der Waals surface area contributed by atoms with Crippen LogP contribution in [0.3, 0.4) is 0 Å². The van der Waals surface area contributed by atoms with Gasteiger partial charge in [-0.15, -0.1) is 0 Å². The lowest BCUT2D eigenvalue weighted by atomic mass is 10.1. The molecule has 0 saturated carbocycles. The third-order valence-electron chi connectivity index (χ3n) is 4.56. The summed E-state index contributed by atoms with van der Waals surface area (Å²) in [5.41, 5.74) is 0. The molecule has 2 nitrogen and oxygen atoms in total. The molecule has 0 heterocycles. The summed E-state index contributed by atoms with van der Waals surface area (Å²) in [7, 11) is 0. The zero-order valence-electron chi connectivity index (χ0n) is 16.8. The third-order valence-corrected chi connectivity index (χ3v) is 5.14. The maximum absolute atomic E-state index is 11.4. The molecule has 0 aliphatic heterocycles. The van der Waals surface area contributed by atoms with E-state index in [-0.39, 0.29) is 11.2 Å². The van der Waals surface area contributed by atoms with E-state index in [9.17, 15) is 4.79 Å². The van der Waals surface area contributed by atoms with Gasteiger partial charge in [0, 0.05) is 0 Å². The minimum atomic E-state index is -0.255. The summed E-state index contributed by atoms with van der Waals surface area (Å²) in [4.78, 5) is 11.4. The molecule has 1 atom stereocenters. The SMILES string of the molecule is CCCCCCCCC=CCCCCCCCCOC(=O)C(S)CC. The van der Waals surface area contributed by atoms with E-state index >= 15 is 0 Å². The van der Waals surface area contributed by atoms with Gasteiger partial charge in [-0.25, -0.2) is 0 Å². The Balaban J connectivity index is 3.18. The lowest BCUT2D eigenvalue weighted by Gasteiger charge is -2.08. The summed E-state index contributed by atoms with van der Waals surface area (Å²) >= 11 is 4.18. The first-order chi connectivity index (χ1) is 12.2. The summed E-state index contributed by atoms with van der Waals surface area (Å²) in [5, 5.41) is -0.255. The van der Waals surface area contributed by atoms with E-state index in [4.69, 9.17) is 4.74 Å². The second kappa shape index (κ2) is 19.9. The predicted octanol–water partition coefficient (Wildman–Crippen LogP) is 7.28. The third kappa shape index (κ3) is 18.2. The Bertz CT molecular complexity index is 315. The quantitative estimate of drug-likeness (QED) is 0.119. The van der Waals surface area contributed by atoms with Gasteiger partial charge in [-0.1, -0.05) is 83.8 Å². The van der Waals surface area contributed by atoms with Gasteiger partial charge in [-0.05, 0) is 38.5 Å². The van der Waals surface area contributed by atoms with Crippen molar-refractivity contribution < 1.29 is 9.53 Å². The van der Waals surface area contributed by atoms with Crippen molar-refractivity contribution in [1.82, 2.24) is 0 Å². The van der Waals surface area contributed by atoms with Gasteiger partial charge in [-0.3, -0.25) is 4.79 Å². The fourth-order valence-corrected chi connectivity index (χ4v) is 2.86. The van der Waals surface area contributed by atoms with E-state index in [1.54, 1.807) is 0 Å². The van der Waals surface area contributed by atoms with Crippen LogP contribution < -0.4 is 0 Å². The van der Waals surface area contributed by atoms with Crippen LogP contribution in [0.2, 0.25) is 0 Å². The monoisotopic (exact) mass is 370 g/mol. The molecule has 1 unspecified atom stereocenters. The Labute approximate surface area is 162 Å². The number of ether oxygens (including phenoxy) is 1. The molecule has 0 aromatic carbocycles. The second-order valence-electron chi connectivity index (χ2n) is 7.03. The molecule has 0 aromatic heterocycles. The summed E-state index contributed by atoms with van der Waals surface area (Å²) in [5.74, 6) is -0.168. The van der Waals surface area contributed by atoms with E-state index in [1.807, 2.05) is 6.92 Å². The molecule has 0 saturated heterocycles. The molecule has 0 N–H and O–H groups in total. The number of carbonyl (C=O) groups excluding carboxylic acids is 1. The predicted molar refractivity (Wildman–Crippen MR) is 113 cm³/mol. The van der Waals surface area contributed by atoms with Crippen LogP contribution in [0.1, 0.15) is 110 Å². The van der Waals surface area contributed by atoms with Crippen molar-refractivity contribution >= 4 is 18.6 Å². The first-order valence-corrected chi connectivity index (χ1v) is 11.2. The largest absolute Gasteiger partial charge is 0.465 e. The van der Waals surface area contributed by atoms with Crippen LogP contribution >= 0.6 is 12.6 Å². The first kappa shape index (κ1) is 24.6. The number of hydrogen-bond acceptors (Lipinski definition) is 3. The fourth-order valence-electron chi connectivity index (χ4n) is 2.79. The van der Waals surface area contributed by atoms with Gasteiger partial charge in [0.05, 0.1) is 11.9 Å². The highest BCUT2D eigenvalue weighted by Crippen LogP contribution is 2.10. The molecule has 0 aliphatic rings. The minimum Gasteiger partial charge on any atom is -0.465 e. The van der Waals surface area contributed by atoms with Gasteiger partial charge >= 0.3 is 5.97 Å². The van der Waals surface area contributed by atoms with Crippen LogP contribution in [0.25, 0.3) is 0 Å². The molecule has 0 amide bonds. The van der Waals surface area contributed by atoms with Gasteiger partial charge in [-0.2, -0.15) is 12.6 Å². The molecule has 0 spiro atoms. The Morgan fingerprint density at radius 2 is 1.28 bits per heavy atom. The van der Waals surface area contributed by atoms with Crippen LogP contribution in [0.15, 0.2) is 12.2 Å². The van der Waals surface area contributed by atoms with E-state index in [1.165, 1.54) is 77.0 Å². The zero-order valence-corrected chi connectivity index (χ0v) is 17.7. The lowest BCUT2D eigenvalue weighted by molar-refractivity contribution is -0.143. The zero-order chi connectivity index (χ0) is 18.6. The second-order valence-corrected chi connectivity index (χ2v) is 7.65. The Hall–Kier alpha value is -0.440. The molecule has 0 aliphatic carbocycles. The minimum absolute atomic E-state index is 0.168. The lowest BCUT2D eigenvalue weighted by Crippen LogP contribution is -2.17. The molecular formula is C22H42O2S. The fraction of sp³-hybridized carbons (Fsp3) is 0.864. The highest BCUT2D eigenvalue weighted by Gasteiger charge is 2.11.